The summed E-state index contributed by atoms with van der Waals surface area (Å²) in [6, 6.07) is 7.33. The first-order chi connectivity index (χ1) is 14.7. The van der Waals surface area contributed by atoms with Gasteiger partial charge in [-0.05, 0) is 24.3 Å². The number of fused-ring (bicyclic) bond motifs is 1. The van der Waals surface area contributed by atoms with Crippen LogP contribution >= 0.6 is 11.3 Å². The second kappa shape index (κ2) is 7.86. The van der Waals surface area contributed by atoms with Crippen molar-refractivity contribution in [2.75, 3.05) is 18.1 Å². The molecule has 0 atom stereocenters. The van der Waals surface area contributed by atoms with Gasteiger partial charge in [-0.2, -0.15) is 13.2 Å². The average Bonchev–Trinajstić information content (AvgIpc) is 3.24. The van der Waals surface area contributed by atoms with Gasteiger partial charge in [0.2, 0.25) is 5.69 Å². The van der Waals surface area contributed by atoms with Gasteiger partial charge in [0.1, 0.15) is 12.4 Å². The Morgan fingerprint density at radius 3 is 2.65 bits per heavy atom. The fraction of sp³-hybridized carbons (Fsp3) is 0.200. The van der Waals surface area contributed by atoms with Gasteiger partial charge in [0.05, 0.1) is 40.7 Å². The summed E-state index contributed by atoms with van der Waals surface area (Å²) >= 11 is 1.30. The molecule has 0 radical (unpaired) electrons. The Morgan fingerprint density at radius 2 is 1.97 bits per heavy atom. The summed E-state index contributed by atoms with van der Waals surface area (Å²) in [6.07, 6.45) is -4.55. The van der Waals surface area contributed by atoms with E-state index in [9.17, 15) is 21.6 Å². The molecule has 1 aliphatic rings. The lowest BCUT2D eigenvalue weighted by molar-refractivity contribution is -0.137. The van der Waals surface area contributed by atoms with Gasteiger partial charge in [-0.15, -0.1) is 11.3 Å². The summed E-state index contributed by atoms with van der Waals surface area (Å²) < 4.78 is 70.1. The molecule has 160 valence electrons. The predicted molar refractivity (Wildman–Crippen MR) is 110 cm³/mol. The smallest absolute Gasteiger partial charge is 0.415 e. The van der Waals surface area contributed by atoms with Crippen molar-refractivity contribution in [2.24, 2.45) is 0 Å². The Balaban J connectivity index is 1.71. The van der Waals surface area contributed by atoms with Crippen LogP contribution in [0.2, 0.25) is 0 Å². The van der Waals surface area contributed by atoms with Gasteiger partial charge in [-0.25, -0.2) is 18.2 Å². The van der Waals surface area contributed by atoms with E-state index >= 15 is 0 Å². The molecule has 0 spiro atoms. The van der Waals surface area contributed by atoms with Crippen LogP contribution in [0.4, 0.5) is 30.2 Å². The largest absolute Gasteiger partial charge is 0.489 e. The van der Waals surface area contributed by atoms with Crippen molar-refractivity contribution in [3.63, 3.8) is 0 Å². The summed E-state index contributed by atoms with van der Waals surface area (Å²) in [4.78, 5) is 8.97. The molecule has 0 amide bonds. The zero-order chi connectivity index (χ0) is 22.2. The minimum atomic E-state index is -4.55. The van der Waals surface area contributed by atoms with Gasteiger partial charge in [0.15, 0.2) is 9.84 Å². The molecule has 0 bridgehead atoms. The van der Waals surface area contributed by atoms with E-state index in [1.165, 1.54) is 35.6 Å². The van der Waals surface area contributed by atoms with Gasteiger partial charge < -0.3 is 9.64 Å². The van der Waals surface area contributed by atoms with Crippen molar-refractivity contribution < 1.29 is 26.3 Å². The Bertz CT molecular complexity index is 1270. The second-order valence-corrected chi connectivity index (χ2v) is 9.39. The van der Waals surface area contributed by atoms with Crippen molar-refractivity contribution in [2.45, 2.75) is 16.8 Å². The predicted octanol–water partition coefficient (Wildman–Crippen LogP) is 5.22. The standard InChI is InChI=1S/C20H14F3N3O3S2/c1-24-16-8-13(20(21,22)23)2-4-17(16)26-6-7-29-19-9-15(3-5-18(19)26)31(27,28)11-14-10-30-12-25-14/h2-5,8-10,12H,6-7,11H2. The Kier molecular flexibility index (Phi) is 5.36. The summed E-state index contributed by atoms with van der Waals surface area (Å²) in [7, 11) is -3.66. The molecule has 0 aliphatic carbocycles. The average molecular weight is 465 g/mol. The van der Waals surface area contributed by atoms with Gasteiger partial charge >= 0.3 is 6.18 Å². The molecule has 0 unspecified atom stereocenters. The molecule has 0 saturated heterocycles. The fourth-order valence-corrected chi connectivity index (χ4v) is 5.19. The number of alkyl halides is 3. The molecular weight excluding hydrogens is 451 g/mol. The number of halogens is 3. The third-order valence-corrected chi connectivity index (χ3v) is 6.97. The Hall–Kier alpha value is -3.10. The third-order valence-electron chi connectivity index (χ3n) is 4.69. The molecule has 4 rings (SSSR count). The zero-order valence-corrected chi connectivity index (χ0v) is 17.4. The highest BCUT2D eigenvalue weighted by Gasteiger charge is 2.32. The SMILES string of the molecule is [C-]#[N+]c1cc(C(F)(F)F)ccc1N1CCOc2cc(S(=O)(=O)Cc3cscn3)ccc21. The lowest BCUT2D eigenvalue weighted by Gasteiger charge is -2.32. The maximum Gasteiger partial charge on any atom is 0.415 e. The Morgan fingerprint density at radius 1 is 1.19 bits per heavy atom. The van der Waals surface area contributed by atoms with Crippen LogP contribution in [0, 0.1) is 6.57 Å². The highest BCUT2D eigenvalue weighted by molar-refractivity contribution is 7.90. The molecule has 0 saturated carbocycles. The first-order valence-electron chi connectivity index (χ1n) is 8.92. The number of nitrogens with zero attached hydrogens (tertiary/aromatic N) is 3. The molecule has 2 heterocycles. The number of sulfone groups is 1. The van der Waals surface area contributed by atoms with E-state index in [4.69, 9.17) is 11.3 Å². The first-order valence-corrected chi connectivity index (χ1v) is 11.5. The van der Waals surface area contributed by atoms with Crippen LogP contribution in [0.1, 0.15) is 11.3 Å². The van der Waals surface area contributed by atoms with E-state index in [0.717, 1.165) is 12.1 Å². The van der Waals surface area contributed by atoms with E-state index < -0.39 is 21.6 Å². The highest BCUT2D eigenvalue weighted by Crippen LogP contribution is 2.43. The number of benzene rings is 2. The molecular formula is C20H14F3N3O3S2. The minimum Gasteiger partial charge on any atom is -0.489 e. The minimum absolute atomic E-state index is 0.0546. The van der Waals surface area contributed by atoms with Gasteiger partial charge in [0, 0.05) is 22.7 Å². The van der Waals surface area contributed by atoms with E-state index in [1.807, 2.05) is 0 Å². The molecule has 0 fully saturated rings. The van der Waals surface area contributed by atoms with Crippen LogP contribution in [-0.4, -0.2) is 26.6 Å². The highest BCUT2D eigenvalue weighted by atomic mass is 32.2. The molecule has 3 aromatic rings. The van der Waals surface area contributed by atoms with Gasteiger partial charge in [0.25, 0.3) is 0 Å². The number of anilines is 2. The van der Waals surface area contributed by atoms with Crippen LogP contribution < -0.4 is 9.64 Å². The monoisotopic (exact) mass is 465 g/mol. The number of rotatable bonds is 4. The zero-order valence-electron chi connectivity index (χ0n) is 15.8. The number of aromatic nitrogens is 1. The molecule has 1 aromatic heterocycles. The maximum atomic E-state index is 13.0. The Labute approximate surface area is 180 Å². The van der Waals surface area contributed by atoms with Crippen molar-refractivity contribution in [1.82, 2.24) is 4.98 Å². The number of thiazole rings is 1. The quantitative estimate of drug-likeness (QED) is 0.495. The third kappa shape index (κ3) is 4.22. The lowest BCUT2D eigenvalue weighted by Crippen LogP contribution is -2.28. The van der Waals surface area contributed by atoms with E-state index in [1.54, 1.807) is 15.8 Å². The molecule has 2 aromatic carbocycles. The molecule has 11 heteroatoms. The first kappa shape index (κ1) is 21.1. The van der Waals surface area contributed by atoms with Crippen molar-refractivity contribution in [3.8, 4) is 5.75 Å². The van der Waals surface area contributed by atoms with Gasteiger partial charge in [-0.3, -0.25) is 0 Å². The van der Waals surface area contributed by atoms with Crippen LogP contribution in [0.15, 0.2) is 52.2 Å². The van der Waals surface area contributed by atoms with Crippen molar-refractivity contribution >= 4 is 38.2 Å². The van der Waals surface area contributed by atoms with Crippen LogP contribution in [0.25, 0.3) is 4.85 Å². The summed E-state index contributed by atoms with van der Waals surface area (Å²) in [6.45, 7) is 7.79. The second-order valence-electron chi connectivity index (χ2n) is 6.68. The normalized spacial score (nSPS) is 13.9. The molecule has 0 N–H and O–H groups in total. The molecule has 1 aliphatic heterocycles. The van der Waals surface area contributed by atoms with Crippen molar-refractivity contribution in [3.05, 3.63) is 70.0 Å². The summed E-state index contributed by atoms with van der Waals surface area (Å²) in [5.74, 6) is 0.0289. The van der Waals surface area contributed by atoms with E-state index in [2.05, 4.69) is 9.83 Å². The number of ether oxygens (including phenoxy) is 1. The molecule has 31 heavy (non-hydrogen) atoms. The maximum absolute atomic E-state index is 13.0. The van der Waals surface area contributed by atoms with E-state index in [0.29, 0.717) is 23.6 Å². The topological polar surface area (TPSA) is 63.9 Å². The van der Waals surface area contributed by atoms with Crippen molar-refractivity contribution in [1.29, 1.82) is 0 Å². The number of hydrogen-bond donors (Lipinski definition) is 0. The molecule has 6 nitrogen and oxygen atoms in total. The number of hydrogen-bond acceptors (Lipinski definition) is 6. The van der Waals surface area contributed by atoms with Gasteiger partial charge in [-0.1, -0.05) is 6.07 Å². The van der Waals surface area contributed by atoms with E-state index in [-0.39, 0.29) is 28.7 Å². The summed E-state index contributed by atoms with van der Waals surface area (Å²) in [5.41, 5.74) is 1.71. The van der Waals surface area contributed by atoms with Crippen LogP contribution in [0.3, 0.4) is 0 Å². The summed E-state index contributed by atoms with van der Waals surface area (Å²) in [5, 5.41) is 1.66. The fourth-order valence-electron chi connectivity index (χ4n) is 3.25. The van der Waals surface area contributed by atoms with Crippen LogP contribution in [-0.2, 0) is 21.8 Å². The lowest BCUT2D eigenvalue weighted by atomic mass is 10.1. The van der Waals surface area contributed by atoms with Crippen LogP contribution in [0.5, 0.6) is 5.75 Å².